The van der Waals surface area contributed by atoms with Crippen LogP contribution in [0.4, 0.5) is 0 Å². The summed E-state index contributed by atoms with van der Waals surface area (Å²) in [6, 6.07) is 0. The minimum absolute atomic E-state index is 0.0733. The van der Waals surface area contributed by atoms with Crippen LogP contribution in [-0.2, 0) is 6.42 Å². The highest BCUT2D eigenvalue weighted by Crippen LogP contribution is 2.33. The van der Waals surface area contributed by atoms with Gasteiger partial charge in [0.2, 0.25) is 11.7 Å². The van der Waals surface area contributed by atoms with Crippen LogP contribution < -0.4 is 5.76 Å². The fourth-order valence-electron chi connectivity index (χ4n) is 3.23. The molecule has 2 aromatic heterocycles. The van der Waals surface area contributed by atoms with Crippen molar-refractivity contribution in [2.45, 2.75) is 44.9 Å². The fourth-order valence-corrected chi connectivity index (χ4v) is 3.23. The second kappa shape index (κ2) is 5.92. The van der Waals surface area contributed by atoms with Gasteiger partial charge in [0.25, 0.3) is 5.91 Å². The third-order valence-electron chi connectivity index (χ3n) is 4.71. The van der Waals surface area contributed by atoms with Gasteiger partial charge < -0.3 is 13.7 Å². The summed E-state index contributed by atoms with van der Waals surface area (Å²) in [5.74, 6) is 1.22. The maximum absolute atomic E-state index is 12.8. The number of aromatic amines is 1. The van der Waals surface area contributed by atoms with Gasteiger partial charge in [-0.25, -0.2) is 14.9 Å². The van der Waals surface area contributed by atoms with Crippen LogP contribution in [0, 0.1) is 12.8 Å². The number of carbonyl (C=O) groups excluding carboxylic acids is 1. The molecule has 0 aromatic carbocycles. The quantitative estimate of drug-likeness (QED) is 0.912. The molecule has 0 spiro atoms. The molecule has 2 aromatic rings. The molecular weight excluding hydrogens is 312 g/mol. The van der Waals surface area contributed by atoms with Crippen molar-refractivity contribution in [2.24, 2.45) is 5.92 Å². The molecule has 1 aliphatic carbocycles. The van der Waals surface area contributed by atoms with E-state index in [9.17, 15) is 9.59 Å². The van der Waals surface area contributed by atoms with Gasteiger partial charge in [-0.1, -0.05) is 0 Å². The number of hydrogen-bond donors (Lipinski definition) is 1. The fraction of sp³-hybridized carbons (Fsp3) is 0.625. The molecule has 2 fully saturated rings. The van der Waals surface area contributed by atoms with Crippen LogP contribution in [0.1, 0.15) is 59.6 Å². The van der Waals surface area contributed by atoms with E-state index in [2.05, 4.69) is 15.2 Å². The molecule has 2 aliphatic rings. The minimum atomic E-state index is -0.566. The zero-order valence-corrected chi connectivity index (χ0v) is 13.6. The van der Waals surface area contributed by atoms with Crippen molar-refractivity contribution in [3.05, 3.63) is 33.8 Å². The lowest BCUT2D eigenvalue weighted by molar-refractivity contribution is 0.0662. The molecule has 0 radical (unpaired) electrons. The number of rotatable bonds is 4. The number of amides is 1. The molecule has 1 saturated heterocycles. The molecule has 1 unspecified atom stereocenters. The van der Waals surface area contributed by atoms with Gasteiger partial charge in [0.05, 0.1) is 11.6 Å². The van der Waals surface area contributed by atoms with Crippen molar-refractivity contribution in [3.63, 3.8) is 0 Å². The molecule has 1 N–H and O–H groups in total. The zero-order chi connectivity index (χ0) is 16.7. The molecular formula is C16H20N4O4. The molecule has 3 heterocycles. The van der Waals surface area contributed by atoms with Crippen LogP contribution >= 0.6 is 0 Å². The number of nitrogens with one attached hydrogen (secondary N) is 1. The Kier molecular flexibility index (Phi) is 3.74. The van der Waals surface area contributed by atoms with Crippen LogP contribution in [0.25, 0.3) is 0 Å². The number of oxazole rings is 1. The number of nitrogens with zero attached hydrogens (tertiary/aromatic N) is 3. The lowest BCUT2D eigenvalue weighted by Gasteiger charge is -2.30. The SMILES string of the molecule is Cc1nc(CC2CC2)oc1C(=O)N1CCCC(c2n[nH]c(=O)o2)C1. The smallest absolute Gasteiger partial charge is 0.434 e. The highest BCUT2D eigenvalue weighted by Gasteiger charge is 2.32. The van der Waals surface area contributed by atoms with Crippen molar-refractivity contribution < 1.29 is 13.6 Å². The molecule has 0 bridgehead atoms. The first-order valence-electron chi connectivity index (χ1n) is 8.41. The first-order valence-corrected chi connectivity index (χ1v) is 8.41. The second-order valence-electron chi connectivity index (χ2n) is 6.71. The van der Waals surface area contributed by atoms with Gasteiger partial charge in [0.1, 0.15) is 0 Å². The summed E-state index contributed by atoms with van der Waals surface area (Å²) in [5.41, 5.74) is 0.643. The van der Waals surface area contributed by atoms with Gasteiger partial charge in [0.15, 0.2) is 5.89 Å². The molecule has 1 atom stereocenters. The monoisotopic (exact) mass is 332 g/mol. The van der Waals surface area contributed by atoms with Crippen LogP contribution in [0.15, 0.2) is 13.6 Å². The van der Waals surface area contributed by atoms with E-state index in [-0.39, 0.29) is 11.8 Å². The molecule has 8 nitrogen and oxygen atoms in total. The Hall–Kier alpha value is -2.38. The Bertz CT molecular complexity index is 801. The summed E-state index contributed by atoms with van der Waals surface area (Å²) in [7, 11) is 0. The number of hydrogen-bond acceptors (Lipinski definition) is 6. The molecule has 8 heteroatoms. The summed E-state index contributed by atoms with van der Waals surface area (Å²) >= 11 is 0. The number of aryl methyl sites for hydroxylation is 1. The summed E-state index contributed by atoms with van der Waals surface area (Å²) in [6.07, 6.45) is 4.91. The largest absolute Gasteiger partial charge is 0.435 e. The highest BCUT2D eigenvalue weighted by atomic mass is 16.4. The third kappa shape index (κ3) is 3.00. The standard InChI is InChI=1S/C16H20N4O4/c1-9-13(23-12(17-9)7-10-4-5-10)15(21)20-6-2-3-11(8-20)14-18-19-16(22)24-14/h10-11H,2-8H2,1H3,(H,19,22). The van der Waals surface area contributed by atoms with Crippen molar-refractivity contribution in [1.29, 1.82) is 0 Å². The number of likely N-dealkylation sites (tertiary alicyclic amines) is 1. The van der Waals surface area contributed by atoms with Gasteiger partial charge in [-0.05, 0) is 38.5 Å². The minimum Gasteiger partial charge on any atom is -0.435 e. The summed E-state index contributed by atoms with van der Waals surface area (Å²) < 4.78 is 10.8. The van der Waals surface area contributed by atoms with E-state index in [1.54, 1.807) is 11.8 Å². The van der Waals surface area contributed by atoms with E-state index in [0.717, 1.165) is 19.3 Å². The molecule has 4 rings (SSSR count). The zero-order valence-electron chi connectivity index (χ0n) is 13.6. The van der Waals surface area contributed by atoms with E-state index in [4.69, 9.17) is 8.83 Å². The first-order chi connectivity index (χ1) is 11.6. The second-order valence-corrected chi connectivity index (χ2v) is 6.71. The molecule has 1 aliphatic heterocycles. The summed E-state index contributed by atoms with van der Waals surface area (Å²) in [5, 5.41) is 6.16. The first kappa shape index (κ1) is 15.2. The third-order valence-corrected chi connectivity index (χ3v) is 4.71. The van der Waals surface area contributed by atoms with Crippen LogP contribution in [0.5, 0.6) is 0 Å². The van der Waals surface area contributed by atoms with Gasteiger partial charge >= 0.3 is 5.76 Å². The van der Waals surface area contributed by atoms with Gasteiger partial charge in [-0.15, -0.1) is 5.10 Å². The van der Waals surface area contributed by atoms with Crippen molar-refractivity contribution in [2.75, 3.05) is 13.1 Å². The Balaban J connectivity index is 1.49. The topological polar surface area (TPSA) is 105 Å². The van der Waals surface area contributed by atoms with Gasteiger partial charge in [-0.2, -0.15) is 0 Å². The number of piperidine rings is 1. The number of carbonyl (C=O) groups is 1. The van der Waals surface area contributed by atoms with E-state index in [1.807, 2.05) is 0 Å². The summed E-state index contributed by atoms with van der Waals surface area (Å²) in [4.78, 5) is 30.0. The van der Waals surface area contributed by atoms with Crippen LogP contribution in [-0.4, -0.2) is 39.1 Å². The molecule has 128 valence electrons. The lowest BCUT2D eigenvalue weighted by Crippen LogP contribution is -2.39. The molecule has 1 saturated carbocycles. The predicted octanol–water partition coefficient (Wildman–Crippen LogP) is 1.63. The van der Waals surface area contributed by atoms with E-state index >= 15 is 0 Å². The van der Waals surface area contributed by atoms with E-state index < -0.39 is 5.76 Å². The number of aromatic nitrogens is 3. The van der Waals surface area contributed by atoms with E-state index in [0.29, 0.717) is 42.2 Å². The average Bonchev–Trinajstić information content (AvgIpc) is 3.16. The maximum atomic E-state index is 12.8. The normalized spacial score (nSPS) is 21.2. The van der Waals surface area contributed by atoms with Crippen LogP contribution in [0.2, 0.25) is 0 Å². The maximum Gasteiger partial charge on any atom is 0.434 e. The Morgan fingerprint density at radius 1 is 1.33 bits per heavy atom. The van der Waals surface area contributed by atoms with Gasteiger partial charge in [0, 0.05) is 19.5 Å². The Labute approximate surface area is 138 Å². The van der Waals surface area contributed by atoms with Gasteiger partial charge in [-0.3, -0.25) is 4.79 Å². The highest BCUT2D eigenvalue weighted by molar-refractivity contribution is 5.92. The lowest BCUT2D eigenvalue weighted by atomic mass is 9.98. The van der Waals surface area contributed by atoms with Crippen molar-refractivity contribution >= 4 is 5.91 Å². The molecule has 1 amide bonds. The molecule has 24 heavy (non-hydrogen) atoms. The Morgan fingerprint density at radius 2 is 2.17 bits per heavy atom. The Morgan fingerprint density at radius 3 is 2.88 bits per heavy atom. The van der Waals surface area contributed by atoms with Crippen molar-refractivity contribution in [3.8, 4) is 0 Å². The van der Waals surface area contributed by atoms with E-state index in [1.165, 1.54) is 12.8 Å². The number of H-pyrrole nitrogens is 1. The summed E-state index contributed by atoms with van der Waals surface area (Å²) in [6.45, 7) is 2.92. The average molecular weight is 332 g/mol. The van der Waals surface area contributed by atoms with Crippen molar-refractivity contribution in [1.82, 2.24) is 20.1 Å². The predicted molar refractivity (Wildman–Crippen MR) is 82.7 cm³/mol. The van der Waals surface area contributed by atoms with Crippen LogP contribution in [0.3, 0.4) is 0 Å².